The monoisotopic (exact) mass is 550 g/mol. The highest BCUT2D eigenvalue weighted by Gasteiger charge is 2.42. The van der Waals surface area contributed by atoms with Gasteiger partial charge in [-0.25, -0.2) is 4.98 Å². The van der Waals surface area contributed by atoms with Gasteiger partial charge in [-0.15, -0.1) is 28.2 Å². The Balaban J connectivity index is 1.79. The largest absolute Gasteiger partial charge is 0.496 e. The summed E-state index contributed by atoms with van der Waals surface area (Å²) in [6.45, 7) is 1.13. The van der Waals surface area contributed by atoms with Crippen LogP contribution in [0.25, 0.3) is 10.6 Å². The molecular formula is C26H25F3N2O4S2. The summed E-state index contributed by atoms with van der Waals surface area (Å²) in [4.78, 5) is 34.7. The maximum absolute atomic E-state index is 13.9. The van der Waals surface area contributed by atoms with Crippen LogP contribution in [0.15, 0.2) is 52.9 Å². The summed E-state index contributed by atoms with van der Waals surface area (Å²) in [5.41, 5.74) is 0.245. The quantitative estimate of drug-likeness (QED) is 0.177. The number of benzene rings is 2. The van der Waals surface area contributed by atoms with Crippen molar-refractivity contribution in [1.29, 1.82) is 0 Å². The van der Waals surface area contributed by atoms with Gasteiger partial charge in [-0.1, -0.05) is 18.2 Å². The molecule has 0 bridgehead atoms. The minimum absolute atomic E-state index is 0.0116. The molecule has 1 unspecified atom stereocenters. The Morgan fingerprint density at radius 3 is 2.76 bits per heavy atom. The smallest absolute Gasteiger partial charge is 0.416 e. The number of carbonyl (C=O) groups excluding carboxylic acids is 2. The molecule has 6 nitrogen and oxygen atoms in total. The van der Waals surface area contributed by atoms with Crippen LogP contribution in [-0.4, -0.2) is 48.8 Å². The van der Waals surface area contributed by atoms with Crippen molar-refractivity contribution in [3.63, 3.8) is 0 Å². The number of rotatable bonds is 9. The molecule has 0 radical (unpaired) electrons. The summed E-state index contributed by atoms with van der Waals surface area (Å²) >= 11 is 2.55. The first-order valence-corrected chi connectivity index (χ1v) is 13.5. The molecule has 0 spiro atoms. The second-order valence-corrected chi connectivity index (χ2v) is 10.5. The average Bonchev–Trinajstić information content (AvgIpc) is 3.43. The number of Topliss-reactive ketones (excluding diaryl/α,β-unsaturated/α-hetero) is 1. The van der Waals surface area contributed by atoms with Crippen molar-refractivity contribution >= 4 is 35.4 Å². The van der Waals surface area contributed by atoms with Gasteiger partial charge in [0.2, 0.25) is 0 Å². The maximum Gasteiger partial charge on any atom is 0.416 e. The molecule has 4 rings (SSSR count). The fourth-order valence-electron chi connectivity index (χ4n) is 4.82. The van der Waals surface area contributed by atoms with E-state index in [1.807, 2.05) is 29.6 Å². The summed E-state index contributed by atoms with van der Waals surface area (Å²) in [7, 11) is 1.25. The van der Waals surface area contributed by atoms with Crippen LogP contribution >= 0.6 is 23.1 Å². The van der Waals surface area contributed by atoms with Gasteiger partial charge in [0.15, 0.2) is 5.78 Å². The number of thioether (sulfide) groups is 1. The van der Waals surface area contributed by atoms with Gasteiger partial charge >= 0.3 is 12.6 Å². The lowest BCUT2D eigenvalue weighted by molar-refractivity contribution is -0.184. The van der Waals surface area contributed by atoms with E-state index >= 15 is 0 Å². The van der Waals surface area contributed by atoms with Gasteiger partial charge in [-0.2, -0.15) is 13.2 Å². The second kappa shape index (κ2) is 11.2. The number of alkyl halides is 3. The molecule has 1 aromatic heterocycles. The number of methoxy groups -OCH3 is 1. The summed E-state index contributed by atoms with van der Waals surface area (Å²) in [6, 6.07) is 9.59. The van der Waals surface area contributed by atoms with E-state index in [-0.39, 0.29) is 35.0 Å². The van der Waals surface area contributed by atoms with E-state index in [1.165, 1.54) is 23.5 Å². The fraction of sp³-hybridized carbons (Fsp3) is 0.346. The highest BCUT2D eigenvalue weighted by atomic mass is 32.2. The molecule has 0 saturated carbocycles. The lowest BCUT2D eigenvalue weighted by Crippen LogP contribution is -2.47. The highest BCUT2D eigenvalue weighted by molar-refractivity contribution is 7.98. The molecular weight excluding hydrogens is 525 g/mol. The van der Waals surface area contributed by atoms with Gasteiger partial charge in [-0.3, -0.25) is 9.59 Å². The first-order chi connectivity index (χ1) is 17.7. The number of carbonyl (C=O) groups is 2. The van der Waals surface area contributed by atoms with E-state index in [0.717, 1.165) is 40.0 Å². The maximum atomic E-state index is 13.9. The Morgan fingerprint density at radius 1 is 1.30 bits per heavy atom. The van der Waals surface area contributed by atoms with E-state index < -0.39 is 17.2 Å². The Labute approximate surface area is 220 Å². The standard InChI is InChI=1S/C26H25F3N2O4S2/c1-34-21-12-19(26(27,28)29)13-22(36-2)23(21)20(33)14-25(7-4-9-31(15-25)35-16-32)18-6-3-5-17(11-18)24-30-8-10-37-24/h3,5-6,8,10-13,16H,4,7,9,14-15H2,1-2H3. The minimum atomic E-state index is -4.58. The van der Waals surface area contributed by atoms with Crippen molar-refractivity contribution in [1.82, 2.24) is 10.0 Å². The van der Waals surface area contributed by atoms with Gasteiger partial charge in [-0.05, 0) is 42.9 Å². The van der Waals surface area contributed by atoms with Crippen molar-refractivity contribution in [3.05, 3.63) is 64.7 Å². The lowest BCUT2D eigenvalue weighted by Gasteiger charge is -2.41. The first-order valence-electron chi connectivity index (χ1n) is 11.4. The number of aromatic nitrogens is 1. The number of hydroxylamine groups is 2. The zero-order chi connectivity index (χ0) is 26.6. The van der Waals surface area contributed by atoms with Gasteiger partial charge in [0.25, 0.3) is 0 Å². The van der Waals surface area contributed by atoms with Crippen molar-refractivity contribution < 1.29 is 32.3 Å². The molecule has 0 N–H and O–H groups in total. The molecule has 1 saturated heterocycles. The highest BCUT2D eigenvalue weighted by Crippen LogP contribution is 2.43. The molecule has 0 aliphatic carbocycles. The number of ether oxygens (including phenoxy) is 1. The predicted molar refractivity (Wildman–Crippen MR) is 136 cm³/mol. The van der Waals surface area contributed by atoms with Crippen LogP contribution in [0, 0.1) is 0 Å². The number of hydrogen-bond acceptors (Lipinski definition) is 8. The fourth-order valence-corrected chi connectivity index (χ4v) is 6.12. The Hall–Kier alpha value is -2.89. The number of piperidine rings is 1. The molecule has 1 atom stereocenters. The lowest BCUT2D eigenvalue weighted by atomic mass is 9.70. The third-order valence-electron chi connectivity index (χ3n) is 6.50. The van der Waals surface area contributed by atoms with Crippen molar-refractivity contribution in [2.24, 2.45) is 0 Å². The van der Waals surface area contributed by atoms with E-state index in [1.54, 1.807) is 12.5 Å². The van der Waals surface area contributed by atoms with Gasteiger partial charge in [0.1, 0.15) is 10.8 Å². The normalized spacial score (nSPS) is 18.4. The average molecular weight is 551 g/mol. The molecule has 1 aliphatic heterocycles. The van der Waals surface area contributed by atoms with Crippen LogP contribution in [0.3, 0.4) is 0 Å². The number of halogens is 3. The molecule has 2 aromatic carbocycles. The third kappa shape index (κ3) is 5.83. The van der Waals surface area contributed by atoms with Gasteiger partial charge in [0.05, 0.1) is 18.2 Å². The van der Waals surface area contributed by atoms with Gasteiger partial charge in [0, 0.05) is 47.0 Å². The SMILES string of the molecule is COc1cc(C(F)(F)F)cc(SC)c1C(=O)CC1(c2cccc(-c3nccs3)c2)CCCN(OC=O)C1. The first kappa shape index (κ1) is 27.2. The van der Waals surface area contributed by atoms with E-state index in [0.29, 0.717) is 25.9 Å². The van der Waals surface area contributed by atoms with Crippen LogP contribution in [0.5, 0.6) is 5.75 Å². The van der Waals surface area contributed by atoms with Crippen molar-refractivity contribution in [3.8, 4) is 16.3 Å². The van der Waals surface area contributed by atoms with Gasteiger partial charge < -0.3 is 9.57 Å². The molecule has 3 aromatic rings. The van der Waals surface area contributed by atoms with Crippen LogP contribution in [0.2, 0.25) is 0 Å². The van der Waals surface area contributed by atoms with Crippen LogP contribution in [0.4, 0.5) is 13.2 Å². The molecule has 0 amide bonds. The zero-order valence-electron chi connectivity index (χ0n) is 20.2. The Bertz CT molecular complexity index is 1240. The third-order valence-corrected chi connectivity index (χ3v) is 8.08. The van der Waals surface area contributed by atoms with Crippen molar-refractivity contribution in [2.45, 2.75) is 35.7 Å². The van der Waals surface area contributed by atoms with Crippen LogP contribution in [0.1, 0.15) is 40.7 Å². The molecule has 37 heavy (non-hydrogen) atoms. The summed E-state index contributed by atoms with van der Waals surface area (Å²) in [5.74, 6) is -0.463. The van der Waals surface area contributed by atoms with Crippen LogP contribution in [-0.2, 0) is 21.2 Å². The number of thiazole rings is 1. The number of ketones is 1. The van der Waals surface area contributed by atoms with E-state index in [4.69, 9.17) is 9.57 Å². The number of hydrogen-bond donors (Lipinski definition) is 0. The Kier molecular flexibility index (Phi) is 8.25. The molecule has 1 aliphatic rings. The molecule has 11 heteroatoms. The van der Waals surface area contributed by atoms with Crippen LogP contribution < -0.4 is 4.74 Å². The minimum Gasteiger partial charge on any atom is -0.496 e. The topological polar surface area (TPSA) is 68.7 Å². The predicted octanol–water partition coefficient (Wildman–Crippen LogP) is 6.25. The van der Waals surface area contributed by atoms with E-state index in [2.05, 4.69) is 4.98 Å². The molecule has 1 fully saturated rings. The molecule has 196 valence electrons. The summed E-state index contributed by atoms with van der Waals surface area (Å²) < 4.78 is 45.7. The second-order valence-electron chi connectivity index (χ2n) is 8.72. The van der Waals surface area contributed by atoms with Crippen molar-refractivity contribution in [2.75, 3.05) is 26.5 Å². The Morgan fingerprint density at radius 2 is 2.11 bits per heavy atom. The molecule has 2 heterocycles. The summed E-state index contributed by atoms with van der Waals surface area (Å²) in [6.07, 6.45) is 0.0277. The zero-order valence-corrected chi connectivity index (χ0v) is 21.8. The van der Waals surface area contributed by atoms with E-state index in [9.17, 15) is 22.8 Å². The summed E-state index contributed by atoms with van der Waals surface area (Å²) in [5, 5.41) is 4.23. The number of nitrogens with zero attached hydrogens (tertiary/aromatic N) is 2.